The molecule has 114 valence electrons. The second kappa shape index (κ2) is 7.28. The lowest BCUT2D eigenvalue weighted by atomic mass is 9.91. The normalized spacial score (nSPS) is 15.0. The number of benzene rings is 1. The molecule has 1 fully saturated rings. The van der Waals surface area contributed by atoms with Gasteiger partial charge in [-0.1, -0.05) is 6.42 Å². The summed E-state index contributed by atoms with van der Waals surface area (Å²) in [6.07, 6.45) is 4.04. The number of nitro benzene ring substituents is 1. The van der Waals surface area contributed by atoms with Crippen LogP contribution in [0.2, 0.25) is 0 Å². The first kappa shape index (κ1) is 15.6. The van der Waals surface area contributed by atoms with Gasteiger partial charge < -0.3 is 5.11 Å². The predicted molar refractivity (Wildman–Crippen MR) is 78.3 cm³/mol. The fourth-order valence-electron chi connectivity index (χ4n) is 2.46. The molecule has 2 rings (SSSR count). The summed E-state index contributed by atoms with van der Waals surface area (Å²) in [6.45, 7) is 1.14. The molecule has 0 amide bonds. The van der Waals surface area contributed by atoms with Crippen molar-refractivity contribution in [3.05, 3.63) is 39.9 Å². The van der Waals surface area contributed by atoms with E-state index in [0.29, 0.717) is 31.1 Å². The summed E-state index contributed by atoms with van der Waals surface area (Å²) in [7, 11) is 0. The molecule has 0 saturated heterocycles. The van der Waals surface area contributed by atoms with Crippen molar-refractivity contribution in [1.82, 2.24) is 4.90 Å². The molecular weight excluding hydrogens is 272 g/mol. The van der Waals surface area contributed by atoms with E-state index in [2.05, 4.69) is 4.90 Å². The Balaban J connectivity index is 1.98. The third-order valence-electron chi connectivity index (χ3n) is 3.94. The van der Waals surface area contributed by atoms with E-state index in [1.807, 2.05) is 0 Å². The van der Waals surface area contributed by atoms with E-state index in [1.165, 1.54) is 30.7 Å². The summed E-state index contributed by atoms with van der Waals surface area (Å²) in [5.41, 5.74) is 0.483. The van der Waals surface area contributed by atoms with Gasteiger partial charge in [0.2, 0.25) is 0 Å². The Kier molecular flexibility index (Phi) is 5.41. The first-order valence-corrected chi connectivity index (χ1v) is 7.24. The van der Waals surface area contributed by atoms with E-state index in [4.69, 9.17) is 5.11 Å². The maximum atomic E-state index is 12.3. The molecule has 0 aromatic heterocycles. The van der Waals surface area contributed by atoms with Crippen LogP contribution in [0.3, 0.4) is 0 Å². The van der Waals surface area contributed by atoms with Crippen LogP contribution in [0.1, 0.15) is 36.0 Å². The van der Waals surface area contributed by atoms with Crippen molar-refractivity contribution in [2.75, 3.05) is 19.7 Å². The van der Waals surface area contributed by atoms with Crippen molar-refractivity contribution >= 4 is 11.5 Å². The van der Waals surface area contributed by atoms with E-state index in [1.54, 1.807) is 0 Å². The van der Waals surface area contributed by atoms with Gasteiger partial charge >= 0.3 is 0 Å². The molecule has 0 aliphatic heterocycles. The number of ketones is 1. The summed E-state index contributed by atoms with van der Waals surface area (Å²) >= 11 is 0. The van der Waals surface area contributed by atoms with Crippen molar-refractivity contribution in [3.8, 4) is 0 Å². The maximum Gasteiger partial charge on any atom is 0.269 e. The summed E-state index contributed by atoms with van der Waals surface area (Å²) in [5.74, 6) is -0.0327. The van der Waals surface area contributed by atoms with Gasteiger partial charge in [-0.3, -0.25) is 19.8 Å². The average Bonchev–Trinajstić information content (AvgIpc) is 2.42. The van der Waals surface area contributed by atoms with Gasteiger partial charge in [-0.25, -0.2) is 0 Å². The fourth-order valence-corrected chi connectivity index (χ4v) is 2.46. The topological polar surface area (TPSA) is 83.7 Å². The Bertz CT molecular complexity index is 497. The number of nitro groups is 1. The third-order valence-corrected chi connectivity index (χ3v) is 3.94. The molecule has 0 unspecified atom stereocenters. The van der Waals surface area contributed by atoms with Crippen LogP contribution in [0.25, 0.3) is 0 Å². The number of non-ortho nitro benzene ring substituents is 1. The molecule has 0 atom stereocenters. The zero-order chi connectivity index (χ0) is 15.2. The molecule has 1 N–H and O–H groups in total. The maximum absolute atomic E-state index is 12.3. The van der Waals surface area contributed by atoms with Crippen LogP contribution in [0.4, 0.5) is 5.69 Å². The van der Waals surface area contributed by atoms with Crippen LogP contribution in [0.5, 0.6) is 0 Å². The lowest BCUT2D eigenvalue weighted by Crippen LogP contribution is -2.43. The van der Waals surface area contributed by atoms with Gasteiger partial charge in [-0.2, -0.15) is 0 Å². The van der Waals surface area contributed by atoms with E-state index < -0.39 is 4.92 Å². The second-order valence-electron chi connectivity index (χ2n) is 5.36. The monoisotopic (exact) mass is 292 g/mol. The zero-order valence-corrected chi connectivity index (χ0v) is 11.9. The van der Waals surface area contributed by atoms with Crippen LogP contribution in [-0.2, 0) is 0 Å². The standard InChI is InChI=1S/C15H20N2O4/c18-10-2-9-16(13-3-1-4-13)11-15(19)12-5-7-14(8-6-12)17(20)21/h5-8,13,18H,1-4,9-11H2. The molecule has 1 aliphatic carbocycles. The van der Waals surface area contributed by atoms with Crippen LogP contribution in [-0.4, -0.2) is 46.5 Å². The minimum atomic E-state index is -0.476. The number of carbonyl (C=O) groups excluding carboxylic acids is 1. The number of carbonyl (C=O) groups is 1. The van der Waals surface area contributed by atoms with Gasteiger partial charge in [0.1, 0.15) is 0 Å². The predicted octanol–water partition coefficient (Wildman–Crippen LogP) is 2.01. The van der Waals surface area contributed by atoms with Gasteiger partial charge in [-0.15, -0.1) is 0 Å². The number of hydrogen-bond acceptors (Lipinski definition) is 5. The number of hydrogen-bond donors (Lipinski definition) is 1. The SMILES string of the molecule is O=C(CN(CCCO)C1CCC1)c1ccc([N+](=O)[O-])cc1. The lowest BCUT2D eigenvalue weighted by Gasteiger charge is -2.37. The first-order valence-electron chi connectivity index (χ1n) is 7.24. The number of aliphatic hydroxyl groups is 1. The molecule has 21 heavy (non-hydrogen) atoms. The molecule has 1 aromatic carbocycles. The smallest absolute Gasteiger partial charge is 0.269 e. The van der Waals surface area contributed by atoms with Crippen molar-refractivity contribution in [2.45, 2.75) is 31.7 Å². The van der Waals surface area contributed by atoms with Crippen molar-refractivity contribution in [2.24, 2.45) is 0 Å². The van der Waals surface area contributed by atoms with Gasteiger partial charge in [0.25, 0.3) is 5.69 Å². The molecular formula is C15H20N2O4. The van der Waals surface area contributed by atoms with E-state index >= 15 is 0 Å². The number of aliphatic hydroxyl groups excluding tert-OH is 1. The largest absolute Gasteiger partial charge is 0.396 e. The van der Waals surface area contributed by atoms with Gasteiger partial charge in [0, 0.05) is 36.9 Å². The Morgan fingerprint density at radius 1 is 1.33 bits per heavy atom. The highest BCUT2D eigenvalue weighted by Crippen LogP contribution is 2.25. The molecule has 1 saturated carbocycles. The summed E-state index contributed by atoms with van der Waals surface area (Å²) in [4.78, 5) is 24.5. The second-order valence-corrected chi connectivity index (χ2v) is 5.36. The van der Waals surface area contributed by atoms with Gasteiger partial charge in [0.15, 0.2) is 5.78 Å². The molecule has 0 heterocycles. The van der Waals surface area contributed by atoms with Gasteiger partial charge in [-0.05, 0) is 31.4 Å². The van der Waals surface area contributed by atoms with Crippen LogP contribution in [0.15, 0.2) is 24.3 Å². The summed E-state index contributed by atoms with van der Waals surface area (Å²) in [6, 6.07) is 6.15. The average molecular weight is 292 g/mol. The Morgan fingerprint density at radius 3 is 2.48 bits per heavy atom. The summed E-state index contributed by atoms with van der Waals surface area (Å²) in [5, 5.41) is 19.5. The molecule has 0 radical (unpaired) electrons. The fraction of sp³-hybridized carbons (Fsp3) is 0.533. The first-order chi connectivity index (χ1) is 10.1. The molecule has 0 spiro atoms. The third kappa shape index (κ3) is 4.09. The minimum Gasteiger partial charge on any atom is -0.396 e. The van der Waals surface area contributed by atoms with Crippen molar-refractivity contribution in [1.29, 1.82) is 0 Å². The van der Waals surface area contributed by atoms with E-state index in [-0.39, 0.29) is 18.1 Å². The summed E-state index contributed by atoms with van der Waals surface area (Å²) < 4.78 is 0. The highest BCUT2D eigenvalue weighted by molar-refractivity contribution is 5.97. The van der Waals surface area contributed by atoms with Crippen LogP contribution in [0, 0.1) is 10.1 Å². The van der Waals surface area contributed by atoms with E-state index in [9.17, 15) is 14.9 Å². The quantitative estimate of drug-likeness (QED) is 0.450. The van der Waals surface area contributed by atoms with Crippen LogP contribution < -0.4 is 0 Å². The highest BCUT2D eigenvalue weighted by atomic mass is 16.6. The molecule has 1 aromatic rings. The van der Waals surface area contributed by atoms with E-state index in [0.717, 1.165) is 12.8 Å². The molecule has 6 heteroatoms. The Labute approximate surface area is 123 Å². The van der Waals surface area contributed by atoms with Gasteiger partial charge in [0.05, 0.1) is 11.5 Å². The highest BCUT2D eigenvalue weighted by Gasteiger charge is 2.26. The Morgan fingerprint density at radius 2 is 2.00 bits per heavy atom. The zero-order valence-electron chi connectivity index (χ0n) is 11.9. The number of rotatable bonds is 8. The molecule has 6 nitrogen and oxygen atoms in total. The Hall–Kier alpha value is -1.79. The molecule has 0 bridgehead atoms. The number of Topliss-reactive ketones (excluding diaryl/α,β-unsaturated/α-hetero) is 1. The van der Waals surface area contributed by atoms with Crippen molar-refractivity contribution in [3.63, 3.8) is 0 Å². The minimum absolute atomic E-state index is 0.0114. The number of nitrogens with zero attached hydrogens (tertiary/aromatic N) is 2. The lowest BCUT2D eigenvalue weighted by molar-refractivity contribution is -0.384. The van der Waals surface area contributed by atoms with Crippen molar-refractivity contribution < 1.29 is 14.8 Å². The molecule has 1 aliphatic rings. The van der Waals surface area contributed by atoms with Crippen LogP contribution >= 0.6 is 0 Å².